The van der Waals surface area contributed by atoms with Gasteiger partial charge in [-0.05, 0) is 104 Å². The molecule has 0 aromatic rings. The van der Waals surface area contributed by atoms with E-state index in [-0.39, 0.29) is 26.1 Å². The fraction of sp³-hybridized carbons (Fsp3) is 0.574. The average molecular weight is 814 g/mol. The molecule has 0 radical (unpaired) electrons. The van der Waals surface area contributed by atoms with Crippen LogP contribution in [0.2, 0.25) is 0 Å². The smallest absolute Gasteiger partial charge is 0.462 e. The van der Waals surface area contributed by atoms with Crippen molar-refractivity contribution < 1.29 is 37.6 Å². The van der Waals surface area contributed by atoms with E-state index in [1.807, 2.05) is 26.2 Å². The van der Waals surface area contributed by atoms with Gasteiger partial charge in [0.2, 0.25) is 0 Å². The fourth-order valence-electron chi connectivity index (χ4n) is 4.83. The van der Waals surface area contributed by atoms with Crippen molar-refractivity contribution in [1.29, 1.82) is 0 Å². The zero-order valence-electron chi connectivity index (χ0n) is 35.7. The molecule has 2 unspecified atom stereocenters. The van der Waals surface area contributed by atoms with Crippen LogP contribution in [0.15, 0.2) is 109 Å². The maximum absolute atomic E-state index is 12.6. The Hall–Kier alpha value is -3.33. The molecule has 9 nitrogen and oxygen atoms in total. The number of esters is 2. The molecule has 0 spiro atoms. The Bertz CT molecular complexity index is 1310. The van der Waals surface area contributed by atoms with Gasteiger partial charge in [-0.1, -0.05) is 136 Å². The fourth-order valence-corrected chi connectivity index (χ4v) is 5.58. The van der Waals surface area contributed by atoms with Gasteiger partial charge in [-0.2, -0.15) is 0 Å². The van der Waals surface area contributed by atoms with Crippen molar-refractivity contribution in [2.75, 3.05) is 40.5 Å². The molecular formula is C47H76NO8P. The van der Waals surface area contributed by atoms with Crippen LogP contribution in [0.1, 0.15) is 129 Å². The van der Waals surface area contributed by atoms with Gasteiger partial charge in [-0.15, -0.1) is 0 Å². The molecule has 0 aliphatic carbocycles. The van der Waals surface area contributed by atoms with Gasteiger partial charge in [0.15, 0.2) is 6.10 Å². The average Bonchev–Trinajstić information content (AvgIpc) is 3.18. The van der Waals surface area contributed by atoms with E-state index >= 15 is 0 Å². The van der Waals surface area contributed by atoms with Gasteiger partial charge in [0, 0.05) is 19.4 Å². The van der Waals surface area contributed by atoms with Gasteiger partial charge in [0.1, 0.15) is 6.61 Å². The third-order valence-corrected chi connectivity index (χ3v) is 9.06. The maximum atomic E-state index is 12.6. The first kappa shape index (κ1) is 53.7. The predicted molar refractivity (Wildman–Crippen MR) is 238 cm³/mol. The summed E-state index contributed by atoms with van der Waals surface area (Å²) in [6, 6.07) is 0. The molecule has 0 amide bonds. The zero-order chi connectivity index (χ0) is 41.9. The number of nitrogens with zero attached hydrogens (tertiary/aromatic N) is 1. The molecular weight excluding hydrogens is 737 g/mol. The number of likely N-dealkylation sites (N-methyl/N-ethyl adjacent to an activating group) is 1. The zero-order valence-corrected chi connectivity index (χ0v) is 36.6. The van der Waals surface area contributed by atoms with Gasteiger partial charge in [-0.25, -0.2) is 4.57 Å². The van der Waals surface area contributed by atoms with Crippen LogP contribution in [-0.4, -0.2) is 68.3 Å². The van der Waals surface area contributed by atoms with Crippen molar-refractivity contribution in [1.82, 2.24) is 4.90 Å². The molecule has 2 atom stereocenters. The van der Waals surface area contributed by atoms with Crippen molar-refractivity contribution in [3.63, 3.8) is 0 Å². The van der Waals surface area contributed by atoms with Crippen LogP contribution >= 0.6 is 7.82 Å². The Kier molecular flexibility index (Phi) is 38.5. The molecule has 0 fully saturated rings. The van der Waals surface area contributed by atoms with E-state index in [9.17, 15) is 19.0 Å². The number of hydrogen-bond donors (Lipinski definition) is 1. The first-order valence-electron chi connectivity index (χ1n) is 21.2. The summed E-state index contributed by atoms with van der Waals surface area (Å²) in [7, 11) is -0.783. The molecule has 10 heteroatoms. The minimum absolute atomic E-state index is 0.0193. The normalized spacial score (nSPS) is 14.5. The van der Waals surface area contributed by atoms with Gasteiger partial charge in [0.25, 0.3) is 0 Å². The first-order chi connectivity index (χ1) is 27.7. The van der Waals surface area contributed by atoms with E-state index in [0.717, 1.165) is 64.2 Å². The molecule has 0 aromatic heterocycles. The van der Waals surface area contributed by atoms with Crippen LogP contribution < -0.4 is 0 Å². The van der Waals surface area contributed by atoms with Gasteiger partial charge < -0.3 is 19.3 Å². The van der Waals surface area contributed by atoms with Crippen LogP contribution in [0.25, 0.3) is 0 Å². The summed E-state index contributed by atoms with van der Waals surface area (Å²) < 4.78 is 33.3. The summed E-state index contributed by atoms with van der Waals surface area (Å²) in [5.74, 6) is -0.961. The number of rotatable bonds is 37. The van der Waals surface area contributed by atoms with E-state index in [1.165, 1.54) is 25.7 Å². The molecule has 0 aromatic carbocycles. The number of carbonyl (C=O) groups is 2. The van der Waals surface area contributed by atoms with Crippen LogP contribution in [0.5, 0.6) is 0 Å². The van der Waals surface area contributed by atoms with Gasteiger partial charge in [-0.3, -0.25) is 18.6 Å². The monoisotopic (exact) mass is 814 g/mol. The van der Waals surface area contributed by atoms with Crippen LogP contribution in [0.3, 0.4) is 0 Å². The van der Waals surface area contributed by atoms with E-state index < -0.39 is 32.5 Å². The Morgan fingerprint density at radius 2 is 1.02 bits per heavy atom. The number of phosphoric acid groups is 1. The summed E-state index contributed by atoms with van der Waals surface area (Å²) in [4.78, 5) is 36.9. The summed E-state index contributed by atoms with van der Waals surface area (Å²) in [5, 5.41) is 0. The topological polar surface area (TPSA) is 112 Å². The first-order valence-corrected chi connectivity index (χ1v) is 22.7. The van der Waals surface area contributed by atoms with Crippen molar-refractivity contribution in [3.8, 4) is 0 Å². The predicted octanol–water partition coefficient (Wildman–Crippen LogP) is 12.2. The largest absolute Gasteiger partial charge is 0.472 e. The van der Waals surface area contributed by atoms with Crippen molar-refractivity contribution >= 4 is 19.8 Å². The van der Waals surface area contributed by atoms with Crippen LogP contribution in [-0.2, 0) is 32.7 Å². The Labute approximate surface area is 346 Å². The number of hydrogen-bond acceptors (Lipinski definition) is 8. The third kappa shape index (κ3) is 42.1. The number of unbranched alkanes of at least 4 members (excludes halogenated alkanes) is 5. The Morgan fingerprint density at radius 1 is 0.561 bits per heavy atom. The Balaban J connectivity index is 4.54. The van der Waals surface area contributed by atoms with Crippen LogP contribution in [0.4, 0.5) is 0 Å². The van der Waals surface area contributed by atoms with Crippen molar-refractivity contribution in [2.24, 2.45) is 0 Å². The quantitative estimate of drug-likeness (QED) is 0.0283. The summed E-state index contributed by atoms with van der Waals surface area (Å²) in [6.07, 6.45) is 53.0. The van der Waals surface area contributed by atoms with E-state index in [2.05, 4.69) is 111 Å². The maximum Gasteiger partial charge on any atom is 0.472 e. The van der Waals surface area contributed by atoms with Gasteiger partial charge >= 0.3 is 19.8 Å². The second kappa shape index (κ2) is 40.9. The second-order valence-electron chi connectivity index (χ2n) is 13.8. The summed E-state index contributed by atoms with van der Waals surface area (Å²) in [5.41, 5.74) is 0. The van der Waals surface area contributed by atoms with E-state index in [0.29, 0.717) is 19.4 Å². The molecule has 0 saturated heterocycles. The highest BCUT2D eigenvalue weighted by Crippen LogP contribution is 2.43. The second-order valence-corrected chi connectivity index (χ2v) is 15.2. The third-order valence-electron chi connectivity index (χ3n) is 8.08. The number of allylic oxidation sites excluding steroid dienone is 18. The van der Waals surface area contributed by atoms with E-state index in [1.54, 1.807) is 4.90 Å². The summed E-state index contributed by atoms with van der Waals surface area (Å²) >= 11 is 0. The lowest BCUT2D eigenvalue weighted by Crippen LogP contribution is -2.29. The minimum atomic E-state index is -4.40. The van der Waals surface area contributed by atoms with Crippen molar-refractivity contribution in [2.45, 2.75) is 136 Å². The van der Waals surface area contributed by atoms with Crippen molar-refractivity contribution in [3.05, 3.63) is 109 Å². The highest BCUT2D eigenvalue weighted by molar-refractivity contribution is 7.47. The van der Waals surface area contributed by atoms with E-state index in [4.69, 9.17) is 18.5 Å². The molecule has 0 saturated carbocycles. The lowest BCUT2D eigenvalue weighted by Gasteiger charge is -2.20. The molecule has 322 valence electrons. The SMILES string of the molecule is CC/C=C\C/C=C\C/C=C\C/C=C\CCCCC(=O)OCC(COP(=O)(O)OCCN(C)C)OC(=O)CC/C=C\C/C=C\C/C=C\C/C=C\C/C=C\CCCCC. The molecule has 1 N–H and O–H groups in total. The lowest BCUT2D eigenvalue weighted by molar-refractivity contribution is -0.161. The number of phosphoric ester groups is 1. The molecule has 0 rings (SSSR count). The highest BCUT2D eigenvalue weighted by Gasteiger charge is 2.26. The molecule has 0 heterocycles. The number of carbonyl (C=O) groups excluding carboxylic acids is 2. The minimum Gasteiger partial charge on any atom is -0.462 e. The molecule has 0 aliphatic rings. The summed E-state index contributed by atoms with van der Waals surface area (Å²) in [6.45, 7) is 4.01. The molecule has 57 heavy (non-hydrogen) atoms. The number of ether oxygens (including phenoxy) is 2. The highest BCUT2D eigenvalue weighted by atomic mass is 31.2. The standard InChI is InChI=1S/C47H76NO8P/c1-5-7-9-11-13-15-17-19-21-22-23-24-26-28-30-32-34-36-38-40-47(50)56-45(44-55-57(51,52)54-42-41-48(3)4)43-53-46(49)39-37-35-33-31-29-27-25-20-18-16-14-12-10-8-6-2/h8,10,13-16,19-21,23-25,28-31,34,36,45H,5-7,9,11-12,17-18,22,26-27,32-33,35,37-44H2,1-4H3,(H,51,52)/b10-8-,15-13-,16-14-,21-19-,24-23-,25-20-,30-28-,31-29-,36-34-. The Morgan fingerprint density at radius 3 is 1.49 bits per heavy atom. The van der Waals surface area contributed by atoms with Crippen LogP contribution in [0, 0.1) is 0 Å². The lowest BCUT2D eigenvalue weighted by atomic mass is 10.2. The molecule has 0 bridgehead atoms. The molecule has 0 aliphatic heterocycles. The van der Waals surface area contributed by atoms with Gasteiger partial charge in [0.05, 0.1) is 13.2 Å².